The number of alkyl halides is 2. The molecule has 0 aromatic heterocycles. The van der Waals surface area contributed by atoms with Crippen LogP contribution < -0.4 is 10.1 Å². The third-order valence-corrected chi connectivity index (χ3v) is 2.99. The molecule has 0 aliphatic carbocycles. The van der Waals surface area contributed by atoms with Crippen molar-refractivity contribution in [1.29, 1.82) is 0 Å². The first-order valence-corrected chi connectivity index (χ1v) is 6.22. The quantitative estimate of drug-likeness (QED) is 0.837. The molecule has 0 spiro atoms. The van der Waals surface area contributed by atoms with Gasteiger partial charge in [0.15, 0.2) is 0 Å². The van der Waals surface area contributed by atoms with Crippen LogP contribution in [0.1, 0.15) is 37.0 Å². The minimum Gasteiger partial charge on any atom is -0.434 e. The number of hydrogen-bond donors (Lipinski definition) is 1. The predicted octanol–water partition coefficient (Wildman–Crippen LogP) is 3.79. The average molecular weight is 257 g/mol. The van der Waals surface area contributed by atoms with E-state index in [2.05, 4.69) is 23.9 Å². The molecule has 0 aliphatic heterocycles. The van der Waals surface area contributed by atoms with Crippen molar-refractivity contribution in [1.82, 2.24) is 5.32 Å². The number of nitrogens with one attached hydrogen (secondary N) is 1. The molecule has 0 bridgehead atoms. The molecule has 0 saturated carbocycles. The average Bonchev–Trinajstić information content (AvgIpc) is 2.30. The summed E-state index contributed by atoms with van der Waals surface area (Å²) in [6.07, 6.45) is 1.06. The van der Waals surface area contributed by atoms with Crippen LogP contribution in [-0.4, -0.2) is 12.7 Å². The van der Waals surface area contributed by atoms with Crippen LogP contribution in [0, 0.1) is 13.8 Å². The zero-order valence-corrected chi connectivity index (χ0v) is 11.4. The van der Waals surface area contributed by atoms with E-state index in [1.165, 1.54) is 0 Å². The second-order valence-electron chi connectivity index (χ2n) is 4.63. The van der Waals surface area contributed by atoms with Gasteiger partial charge in [0.25, 0.3) is 0 Å². The SMILES string of the molecule is CC[C@@H](C)NCc1cc(C)c(OC(F)F)c(C)c1. The van der Waals surface area contributed by atoms with Crippen LogP contribution in [0.2, 0.25) is 0 Å². The van der Waals surface area contributed by atoms with Gasteiger partial charge in [0, 0.05) is 12.6 Å². The van der Waals surface area contributed by atoms with Gasteiger partial charge < -0.3 is 10.1 Å². The fourth-order valence-electron chi connectivity index (χ4n) is 1.85. The molecule has 1 N–H and O–H groups in total. The Hall–Kier alpha value is -1.16. The Morgan fingerprint density at radius 2 is 1.78 bits per heavy atom. The number of aryl methyl sites for hydroxylation is 2. The molecule has 1 atom stereocenters. The van der Waals surface area contributed by atoms with Crippen molar-refractivity contribution in [2.45, 2.75) is 53.3 Å². The van der Waals surface area contributed by atoms with Crippen LogP contribution in [0.25, 0.3) is 0 Å². The highest BCUT2D eigenvalue weighted by Gasteiger charge is 2.11. The maximum Gasteiger partial charge on any atom is 0.387 e. The van der Waals surface area contributed by atoms with E-state index >= 15 is 0 Å². The van der Waals surface area contributed by atoms with Gasteiger partial charge >= 0.3 is 6.61 Å². The third kappa shape index (κ3) is 4.26. The van der Waals surface area contributed by atoms with Gasteiger partial charge in [-0.2, -0.15) is 8.78 Å². The van der Waals surface area contributed by atoms with Crippen LogP contribution in [0.5, 0.6) is 5.75 Å². The van der Waals surface area contributed by atoms with Gasteiger partial charge in [0.05, 0.1) is 0 Å². The Kier molecular flexibility index (Phi) is 5.54. The molecular formula is C14H21F2NO. The lowest BCUT2D eigenvalue weighted by atomic mass is 10.1. The minimum atomic E-state index is -2.77. The summed E-state index contributed by atoms with van der Waals surface area (Å²) in [7, 11) is 0. The number of hydrogen-bond acceptors (Lipinski definition) is 2. The number of halogens is 2. The van der Waals surface area contributed by atoms with E-state index in [0.29, 0.717) is 6.04 Å². The Morgan fingerprint density at radius 1 is 1.22 bits per heavy atom. The number of benzene rings is 1. The second-order valence-corrected chi connectivity index (χ2v) is 4.63. The largest absolute Gasteiger partial charge is 0.434 e. The van der Waals surface area contributed by atoms with Crippen molar-refractivity contribution in [3.05, 3.63) is 28.8 Å². The van der Waals surface area contributed by atoms with E-state index < -0.39 is 6.61 Å². The van der Waals surface area contributed by atoms with Gasteiger partial charge in [-0.05, 0) is 43.9 Å². The Balaban J connectivity index is 2.79. The van der Waals surface area contributed by atoms with E-state index in [0.717, 1.165) is 29.7 Å². The summed E-state index contributed by atoms with van der Waals surface area (Å²) in [5, 5.41) is 3.37. The summed E-state index contributed by atoms with van der Waals surface area (Å²) >= 11 is 0. The van der Waals surface area contributed by atoms with Gasteiger partial charge in [0.2, 0.25) is 0 Å². The molecule has 0 unspecified atom stereocenters. The summed E-state index contributed by atoms with van der Waals surface area (Å²) in [4.78, 5) is 0. The van der Waals surface area contributed by atoms with Crippen LogP contribution in [0.3, 0.4) is 0 Å². The molecule has 0 saturated heterocycles. The van der Waals surface area contributed by atoms with Crippen LogP contribution in [-0.2, 0) is 6.54 Å². The highest BCUT2D eigenvalue weighted by Crippen LogP contribution is 2.26. The lowest BCUT2D eigenvalue weighted by Crippen LogP contribution is -2.24. The number of ether oxygens (including phenoxy) is 1. The third-order valence-electron chi connectivity index (χ3n) is 2.99. The van der Waals surface area contributed by atoms with Crippen molar-refractivity contribution in [2.24, 2.45) is 0 Å². The van der Waals surface area contributed by atoms with Crippen LogP contribution in [0.4, 0.5) is 8.78 Å². The van der Waals surface area contributed by atoms with E-state index in [1.54, 1.807) is 13.8 Å². The Morgan fingerprint density at radius 3 is 2.22 bits per heavy atom. The van der Waals surface area contributed by atoms with E-state index in [4.69, 9.17) is 0 Å². The zero-order chi connectivity index (χ0) is 13.7. The lowest BCUT2D eigenvalue weighted by Gasteiger charge is -2.15. The molecule has 0 radical (unpaired) electrons. The first-order chi connectivity index (χ1) is 8.43. The molecular weight excluding hydrogens is 236 g/mol. The molecule has 102 valence electrons. The van der Waals surface area contributed by atoms with Gasteiger partial charge in [-0.1, -0.05) is 19.1 Å². The van der Waals surface area contributed by atoms with Gasteiger partial charge in [-0.25, -0.2) is 0 Å². The summed E-state index contributed by atoms with van der Waals surface area (Å²) in [5.74, 6) is 0.289. The van der Waals surface area contributed by atoms with Crippen molar-refractivity contribution in [3.63, 3.8) is 0 Å². The van der Waals surface area contributed by atoms with Crippen molar-refractivity contribution in [3.8, 4) is 5.75 Å². The summed E-state index contributed by atoms with van der Waals surface area (Å²) < 4.78 is 29.0. The van der Waals surface area contributed by atoms with Crippen molar-refractivity contribution >= 4 is 0 Å². The van der Waals surface area contributed by atoms with Gasteiger partial charge in [-0.15, -0.1) is 0 Å². The minimum absolute atomic E-state index is 0.289. The normalized spacial score (nSPS) is 12.8. The standard InChI is InChI=1S/C14H21F2NO/c1-5-11(4)17-8-12-6-9(2)13(10(3)7-12)18-14(15)16/h6-7,11,14,17H,5,8H2,1-4H3/t11-/m1/s1. The molecule has 0 fully saturated rings. The summed E-state index contributed by atoms with van der Waals surface area (Å²) in [6.45, 7) is 5.79. The molecule has 1 aromatic carbocycles. The Labute approximate surface area is 107 Å². The Bertz CT molecular complexity index is 370. The molecule has 0 aliphatic rings. The highest BCUT2D eigenvalue weighted by molar-refractivity contribution is 5.43. The topological polar surface area (TPSA) is 21.3 Å². The molecule has 2 nitrogen and oxygen atoms in total. The predicted molar refractivity (Wildman–Crippen MR) is 69.1 cm³/mol. The molecule has 4 heteroatoms. The van der Waals surface area contributed by atoms with Gasteiger partial charge in [-0.3, -0.25) is 0 Å². The van der Waals surface area contributed by atoms with Crippen molar-refractivity contribution in [2.75, 3.05) is 0 Å². The molecule has 0 amide bonds. The molecule has 0 heterocycles. The molecule has 1 rings (SSSR count). The van der Waals surface area contributed by atoms with Crippen LogP contribution in [0.15, 0.2) is 12.1 Å². The first-order valence-electron chi connectivity index (χ1n) is 6.22. The zero-order valence-electron chi connectivity index (χ0n) is 11.4. The molecule has 18 heavy (non-hydrogen) atoms. The summed E-state index contributed by atoms with van der Waals surface area (Å²) in [6, 6.07) is 4.22. The van der Waals surface area contributed by atoms with Crippen LogP contribution >= 0.6 is 0 Å². The monoisotopic (exact) mass is 257 g/mol. The number of rotatable bonds is 6. The van der Waals surface area contributed by atoms with E-state index in [1.807, 2.05) is 12.1 Å². The highest BCUT2D eigenvalue weighted by atomic mass is 19.3. The smallest absolute Gasteiger partial charge is 0.387 e. The maximum absolute atomic E-state index is 12.2. The molecule has 1 aromatic rings. The van der Waals surface area contributed by atoms with Gasteiger partial charge in [0.1, 0.15) is 5.75 Å². The summed E-state index contributed by atoms with van der Waals surface area (Å²) in [5.41, 5.74) is 2.58. The fourth-order valence-corrected chi connectivity index (χ4v) is 1.85. The van der Waals surface area contributed by atoms with E-state index in [9.17, 15) is 8.78 Å². The lowest BCUT2D eigenvalue weighted by molar-refractivity contribution is -0.0507. The van der Waals surface area contributed by atoms with E-state index in [-0.39, 0.29) is 5.75 Å². The van der Waals surface area contributed by atoms with Crippen molar-refractivity contribution < 1.29 is 13.5 Å². The maximum atomic E-state index is 12.2. The first kappa shape index (κ1) is 14.9. The fraction of sp³-hybridized carbons (Fsp3) is 0.571. The second kappa shape index (κ2) is 6.69.